The van der Waals surface area contributed by atoms with Crippen molar-refractivity contribution in [3.8, 4) is 6.07 Å². The summed E-state index contributed by atoms with van der Waals surface area (Å²) in [6.07, 6.45) is 0. The fourth-order valence-electron chi connectivity index (χ4n) is 1.64. The van der Waals surface area contributed by atoms with Crippen LogP contribution in [0.4, 0.5) is 15.8 Å². The molecule has 0 heterocycles. The fraction of sp³-hybridized carbons (Fsp3) is 0.0714. The maximum atomic E-state index is 13.7. The Bertz CT molecular complexity index is 612. The normalized spacial score (nSPS) is 9.89. The maximum Gasteiger partial charge on any atom is 0.146 e. The monoisotopic (exact) mass is 304 g/mol. The number of halogens is 2. The Labute approximate surface area is 113 Å². The molecule has 18 heavy (non-hydrogen) atoms. The summed E-state index contributed by atoms with van der Waals surface area (Å²) in [4.78, 5) is 0. The van der Waals surface area contributed by atoms with Crippen LogP contribution >= 0.6 is 15.9 Å². The Kier molecular flexibility index (Phi) is 3.63. The number of nitrogens with zero attached hydrogens (tertiary/aromatic N) is 1. The van der Waals surface area contributed by atoms with Gasteiger partial charge < -0.3 is 5.32 Å². The molecule has 0 unspecified atom stereocenters. The lowest BCUT2D eigenvalue weighted by Gasteiger charge is -2.12. The summed E-state index contributed by atoms with van der Waals surface area (Å²) in [7, 11) is 0. The zero-order valence-electron chi connectivity index (χ0n) is 9.67. The van der Waals surface area contributed by atoms with Gasteiger partial charge in [-0.1, -0.05) is 28.1 Å². The van der Waals surface area contributed by atoms with Gasteiger partial charge in [-0.3, -0.25) is 0 Å². The number of aryl methyl sites for hydroxylation is 1. The number of hydrogen-bond acceptors (Lipinski definition) is 2. The minimum absolute atomic E-state index is 0.334. The van der Waals surface area contributed by atoms with Crippen molar-refractivity contribution in [2.24, 2.45) is 0 Å². The number of nitriles is 1. The lowest BCUT2D eigenvalue weighted by molar-refractivity contribution is 0.631. The molecule has 0 saturated heterocycles. The molecule has 2 aromatic carbocycles. The van der Waals surface area contributed by atoms with Crippen molar-refractivity contribution < 1.29 is 4.39 Å². The van der Waals surface area contributed by atoms with E-state index in [0.29, 0.717) is 16.9 Å². The van der Waals surface area contributed by atoms with E-state index in [-0.39, 0.29) is 5.82 Å². The summed E-state index contributed by atoms with van der Waals surface area (Å²) in [5.74, 6) is -0.334. The van der Waals surface area contributed by atoms with Crippen LogP contribution in [-0.4, -0.2) is 0 Å². The third kappa shape index (κ3) is 2.52. The molecule has 0 aliphatic heterocycles. The molecule has 90 valence electrons. The summed E-state index contributed by atoms with van der Waals surface area (Å²) in [6.45, 7) is 1.81. The second-order valence-corrected chi connectivity index (χ2v) is 4.77. The molecule has 0 aliphatic rings. The molecule has 0 radical (unpaired) electrons. The Balaban J connectivity index is 2.46. The molecule has 0 atom stereocenters. The van der Waals surface area contributed by atoms with Gasteiger partial charge in [-0.15, -0.1) is 0 Å². The molecule has 1 N–H and O–H groups in total. The molecule has 4 heteroatoms. The van der Waals surface area contributed by atoms with E-state index < -0.39 is 0 Å². The molecular formula is C14H10BrFN2. The molecule has 0 aliphatic carbocycles. The number of benzene rings is 2. The summed E-state index contributed by atoms with van der Waals surface area (Å²) >= 11 is 3.33. The van der Waals surface area contributed by atoms with Crippen LogP contribution in [0.25, 0.3) is 0 Å². The second kappa shape index (κ2) is 5.19. The van der Waals surface area contributed by atoms with Crippen LogP contribution in [0.1, 0.15) is 11.1 Å². The van der Waals surface area contributed by atoms with Gasteiger partial charge >= 0.3 is 0 Å². The zero-order chi connectivity index (χ0) is 13.1. The number of nitrogens with one attached hydrogen (secondary N) is 1. The Morgan fingerprint density at radius 3 is 2.72 bits per heavy atom. The number of hydrogen-bond donors (Lipinski definition) is 1. The smallest absolute Gasteiger partial charge is 0.146 e. The average Bonchev–Trinajstić information content (AvgIpc) is 2.34. The van der Waals surface area contributed by atoms with Gasteiger partial charge in [0.05, 0.1) is 16.9 Å². The first-order valence-electron chi connectivity index (χ1n) is 5.33. The van der Waals surface area contributed by atoms with Crippen molar-refractivity contribution in [1.82, 2.24) is 0 Å². The van der Waals surface area contributed by atoms with E-state index in [9.17, 15) is 4.39 Å². The molecule has 0 spiro atoms. The third-order valence-electron chi connectivity index (χ3n) is 2.58. The quantitative estimate of drug-likeness (QED) is 0.886. The molecule has 0 saturated carbocycles. The van der Waals surface area contributed by atoms with Crippen molar-refractivity contribution >= 4 is 27.3 Å². The lowest BCUT2D eigenvalue weighted by atomic mass is 10.1. The van der Waals surface area contributed by atoms with Crippen LogP contribution in [0.2, 0.25) is 0 Å². The molecule has 2 nitrogen and oxygen atoms in total. The van der Waals surface area contributed by atoms with Crippen LogP contribution in [0, 0.1) is 24.1 Å². The third-order valence-corrected chi connectivity index (χ3v) is 3.08. The Hall–Kier alpha value is -1.86. The van der Waals surface area contributed by atoms with E-state index in [1.807, 2.05) is 13.0 Å². The van der Waals surface area contributed by atoms with Crippen LogP contribution in [-0.2, 0) is 0 Å². The highest BCUT2D eigenvalue weighted by atomic mass is 79.9. The average molecular weight is 305 g/mol. The highest BCUT2D eigenvalue weighted by molar-refractivity contribution is 9.10. The van der Waals surface area contributed by atoms with E-state index in [4.69, 9.17) is 5.26 Å². The lowest BCUT2D eigenvalue weighted by Crippen LogP contribution is -1.98. The first-order valence-corrected chi connectivity index (χ1v) is 6.13. The van der Waals surface area contributed by atoms with Crippen LogP contribution < -0.4 is 5.32 Å². The van der Waals surface area contributed by atoms with Gasteiger partial charge in [0.15, 0.2) is 0 Å². The van der Waals surface area contributed by atoms with Crippen molar-refractivity contribution in [2.75, 3.05) is 5.32 Å². The maximum absolute atomic E-state index is 13.7. The van der Waals surface area contributed by atoms with Gasteiger partial charge in [-0.2, -0.15) is 5.26 Å². The first kappa shape index (κ1) is 12.6. The molecule has 2 rings (SSSR count). The minimum Gasteiger partial charge on any atom is -0.352 e. The van der Waals surface area contributed by atoms with Crippen molar-refractivity contribution in [3.05, 3.63) is 57.8 Å². The van der Waals surface area contributed by atoms with Crippen LogP contribution in [0.3, 0.4) is 0 Å². The Morgan fingerprint density at radius 2 is 2.06 bits per heavy atom. The molecule has 0 amide bonds. The van der Waals surface area contributed by atoms with E-state index in [1.165, 1.54) is 6.07 Å². The highest BCUT2D eigenvalue weighted by Gasteiger charge is 2.08. The SMILES string of the molecule is Cc1cccc(F)c1Nc1cc(Br)ccc1C#N. The largest absolute Gasteiger partial charge is 0.352 e. The van der Waals surface area contributed by atoms with Crippen molar-refractivity contribution in [3.63, 3.8) is 0 Å². The highest BCUT2D eigenvalue weighted by Crippen LogP contribution is 2.28. The van der Waals surface area contributed by atoms with Gasteiger partial charge in [0.2, 0.25) is 0 Å². The summed E-state index contributed by atoms with van der Waals surface area (Å²) in [6, 6.07) is 12.1. The second-order valence-electron chi connectivity index (χ2n) is 3.86. The van der Waals surface area contributed by atoms with Crippen molar-refractivity contribution in [2.45, 2.75) is 6.92 Å². The van der Waals surface area contributed by atoms with Crippen LogP contribution in [0.5, 0.6) is 0 Å². The van der Waals surface area contributed by atoms with Crippen molar-refractivity contribution in [1.29, 1.82) is 5.26 Å². The van der Waals surface area contributed by atoms with Gasteiger partial charge in [-0.25, -0.2) is 4.39 Å². The van der Waals surface area contributed by atoms with Gasteiger partial charge in [0, 0.05) is 4.47 Å². The molecule has 0 fully saturated rings. The zero-order valence-corrected chi connectivity index (χ0v) is 11.3. The predicted octanol–water partition coefficient (Wildman–Crippen LogP) is 4.51. The molecule has 2 aromatic rings. The number of anilines is 2. The fourth-order valence-corrected chi connectivity index (χ4v) is 2.00. The molecule has 0 bridgehead atoms. The van der Waals surface area contributed by atoms with Gasteiger partial charge in [0.1, 0.15) is 11.9 Å². The van der Waals surface area contributed by atoms with E-state index in [0.717, 1.165) is 10.0 Å². The minimum atomic E-state index is -0.334. The topological polar surface area (TPSA) is 35.8 Å². The Morgan fingerprint density at radius 1 is 1.28 bits per heavy atom. The first-order chi connectivity index (χ1) is 8.61. The van der Waals surface area contributed by atoms with Gasteiger partial charge in [0.25, 0.3) is 0 Å². The number of rotatable bonds is 2. The van der Waals surface area contributed by atoms with E-state index in [1.54, 1.807) is 24.3 Å². The van der Waals surface area contributed by atoms with Gasteiger partial charge in [-0.05, 0) is 36.8 Å². The summed E-state index contributed by atoms with van der Waals surface area (Å²) in [5.41, 5.74) is 2.24. The van der Waals surface area contributed by atoms with E-state index in [2.05, 4.69) is 27.3 Å². The molecule has 0 aromatic heterocycles. The van der Waals surface area contributed by atoms with E-state index >= 15 is 0 Å². The number of para-hydroxylation sites is 1. The summed E-state index contributed by atoms with van der Waals surface area (Å²) in [5, 5.41) is 12.0. The predicted molar refractivity (Wildman–Crippen MR) is 73.3 cm³/mol. The van der Waals surface area contributed by atoms with Crippen LogP contribution in [0.15, 0.2) is 40.9 Å². The molecular weight excluding hydrogens is 295 g/mol. The standard InChI is InChI=1S/C14H10BrFN2/c1-9-3-2-4-12(16)14(9)18-13-7-11(15)6-5-10(13)8-17/h2-7,18H,1H3. The summed E-state index contributed by atoms with van der Waals surface area (Å²) < 4.78 is 14.5.